The minimum atomic E-state index is 0.0918. The number of amides is 1. The van der Waals surface area contributed by atoms with E-state index in [1.165, 1.54) is 16.7 Å². The molecule has 3 heteroatoms. The number of nitrogens with zero attached hydrogens (tertiary/aromatic N) is 1. The second-order valence-corrected chi connectivity index (χ2v) is 6.04. The van der Waals surface area contributed by atoms with Crippen molar-refractivity contribution in [3.63, 3.8) is 0 Å². The summed E-state index contributed by atoms with van der Waals surface area (Å²) < 4.78 is 0. The highest BCUT2D eigenvalue weighted by Gasteiger charge is 2.07. The number of hydrogen-bond acceptors (Lipinski definition) is 2. The Labute approximate surface area is 139 Å². The Bertz CT molecular complexity index is 610. The highest BCUT2D eigenvalue weighted by Crippen LogP contribution is 2.09. The van der Waals surface area contributed by atoms with Crippen LogP contribution in [-0.2, 0) is 17.8 Å². The number of aryl methyl sites for hydroxylation is 2. The summed E-state index contributed by atoms with van der Waals surface area (Å²) in [6.45, 7) is 4.06. The van der Waals surface area contributed by atoms with Crippen molar-refractivity contribution in [1.82, 2.24) is 10.2 Å². The second-order valence-electron chi connectivity index (χ2n) is 6.04. The monoisotopic (exact) mass is 310 g/mol. The molecule has 0 aliphatic rings. The Morgan fingerprint density at radius 2 is 1.74 bits per heavy atom. The van der Waals surface area contributed by atoms with Gasteiger partial charge in [-0.1, -0.05) is 54.6 Å². The molecule has 0 saturated heterocycles. The first kappa shape index (κ1) is 17.2. The predicted octanol–water partition coefficient (Wildman–Crippen LogP) is 3.18. The van der Waals surface area contributed by atoms with E-state index < -0.39 is 0 Å². The molecule has 122 valence electrons. The molecule has 0 fully saturated rings. The zero-order valence-corrected chi connectivity index (χ0v) is 14.1. The lowest BCUT2D eigenvalue weighted by Crippen LogP contribution is -2.35. The molecule has 0 saturated carbocycles. The molecule has 23 heavy (non-hydrogen) atoms. The van der Waals surface area contributed by atoms with Crippen molar-refractivity contribution in [3.8, 4) is 0 Å². The van der Waals surface area contributed by atoms with Crippen LogP contribution in [0.5, 0.6) is 0 Å². The van der Waals surface area contributed by atoms with Crippen molar-refractivity contribution in [2.24, 2.45) is 0 Å². The van der Waals surface area contributed by atoms with E-state index in [1.54, 1.807) is 0 Å². The quantitative estimate of drug-likeness (QED) is 0.760. The van der Waals surface area contributed by atoms with E-state index in [-0.39, 0.29) is 5.91 Å². The van der Waals surface area contributed by atoms with E-state index in [0.29, 0.717) is 6.54 Å². The maximum Gasteiger partial charge on any atom is 0.234 e. The van der Waals surface area contributed by atoms with Gasteiger partial charge in [-0.3, -0.25) is 9.69 Å². The first-order valence-corrected chi connectivity index (χ1v) is 8.19. The summed E-state index contributed by atoms with van der Waals surface area (Å²) in [6, 6.07) is 18.7. The fourth-order valence-electron chi connectivity index (χ4n) is 2.60. The lowest BCUT2D eigenvalue weighted by molar-refractivity contribution is -0.122. The average Bonchev–Trinajstić information content (AvgIpc) is 2.55. The SMILES string of the molecule is Cc1ccccc1CN(C)CC(=O)NCCCc1ccccc1. The van der Waals surface area contributed by atoms with Gasteiger partial charge in [0.2, 0.25) is 5.91 Å². The van der Waals surface area contributed by atoms with Crippen molar-refractivity contribution in [1.29, 1.82) is 0 Å². The topological polar surface area (TPSA) is 32.3 Å². The van der Waals surface area contributed by atoms with Gasteiger partial charge in [-0.2, -0.15) is 0 Å². The van der Waals surface area contributed by atoms with Crippen LogP contribution in [-0.4, -0.2) is 30.9 Å². The maximum atomic E-state index is 12.0. The minimum absolute atomic E-state index is 0.0918. The first-order valence-electron chi connectivity index (χ1n) is 8.19. The van der Waals surface area contributed by atoms with Crippen LogP contribution < -0.4 is 5.32 Å². The molecule has 1 amide bonds. The smallest absolute Gasteiger partial charge is 0.234 e. The zero-order valence-electron chi connectivity index (χ0n) is 14.1. The maximum absolute atomic E-state index is 12.0. The van der Waals surface area contributed by atoms with Gasteiger partial charge in [0.05, 0.1) is 6.54 Å². The molecule has 2 rings (SSSR count). The highest BCUT2D eigenvalue weighted by atomic mass is 16.2. The molecule has 3 nitrogen and oxygen atoms in total. The van der Waals surface area contributed by atoms with Crippen molar-refractivity contribution in [2.75, 3.05) is 20.1 Å². The van der Waals surface area contributed by atoms with Gasteiger partial charge in [0, 0.05) is 13.1 Å². The molecule has 1 N–H and O–H groups in total. The van der Waals surface area contributed by atoms with Gasteiger partial charge in [0.25, 0.3) is 0 Å². The number of carbonyl (C=O) groups excluding carboxylic acids is 1. The summed E-state index contributed by atoms with van der Waals surface area (Å²) in [5, 5.41) is 3.00. The van der Waals surface area contributed by atoms with Gasteiger partial charge in [-0.05, 0) is 43.5 Å². The third-order valence-electron chi connectivity index (χ3n) is 3.92. The van der Waals surface area contributed by atoms with E-state index in [2.05, 4.69) is 53.5 Å². The van der Waals surface area contributed by atoms with E-state index in [0.717, 1.165) is 25.9 Å². The number of carbonyl (C=O) groups is 1. The van der Waals surface area contributed by atoms with Crippen LogP contribution in [0.3, 0.4) is 0 Å². The molecule has 0 spiro atoms. The van der Waals surface area contributed by atoms with E-state index in [4.69, 9.17) is 0 Å². The number of hydrogen-bond donors (Lipinski definition) is 1. The molecule has 0 atom stereocenters. The minimum Gasteiger partial charge on any atom is -0.355 e. The first-order chi connectivity index (χ1) is 11.1. The van der Waals surface area contributed by atoms with Crippen molar-refractivity contribution in [3.05, 3.63) is 71.3 Å². The van der Waals surface area contributed by atoms with Crippen LogP contribution in [0.2, 0.25) is 0 Å². The lowest BCUT2D eigenvalue weighted by Gasteiger charge is -2.17. The molecular formula is C20H26N2O. The van der Waals surface area contributed by atoms with Crippen LogP contribution in [0.4, 0.5) is 0 Å². The fourth-order valence-corrected chi connectivity index (χ4v) is 2.60. The molecule has 0 aliphatic carbocycles. The zero-order chi connectivity index (χ0) is 16.5. The van der Waals surface area contributed by atoms with Crippen LogP contribution in [0, 0.1) is 6.92 Å². The Kier molecular flexibility index (Phi) is 6.82. The molecule has 0 heterocycles. The Balaban J connectivity index is 1.65. The van der Waals surface area contributed by atoms with Crippen LogP contribution in [0.25, 0.3) is 0 Å². The summed E-state index contributed by atoms with van der Waals surface area (Å²) in [5.74, 6) is 0.0918. The van der Waals surface area contributed by atoms with Gasteiger partial charge in [-0.15, -0.1) is 0 Å². The molecule has 2 aromatic rings. The Morgan fingerprint density at radius 3 is 2.48 bits per heavy atom. The molecule has 0 unspecified atom stereocenters. The Hall–Kier alpha value is -2.13. The van der Waals surface area contributed by atoms with Crippen molar-refractivity contribution >= 4 is 5.91 Å². The Morgan fingerprint density at radius 1 is 1.04 bits per heavy atom. The van der Waals surface area contributed by atoms with Gasteiger partial charge < -0.3 is 5.32 Å². The summed E-state index contributed by atoms with van der Waals surface area (Å²) in [6.07, 6.45) is 1.97. The summed E-state index contributed by atoms with van der Waals surface area (Å²) in [5.41, 5.74) is 3.85. The summed E-state index contributed by atoms with van der Waals surface area (Å²) >= 11 is 0. The molecule has 0 radical (unpaired) electrons. The summed E-state index contributed by atoms with van der Waals surface area (Å²) in [7, 11) is 1.98. The standard InChI is InChI=1S/C20H26N2O/c1-17-9-6-7-13-19(17)15-22(2)16-20(23)21-14-8-12-18-10-4-3-5-11-18/h3-7,9-11,13H,8,12,14-16H2,1-2H3,(H,21,23). The van der Waals surface area contributed by atoms with Gasteiger partial charge >= 0.3 is 0 Å². The highest BCUT2D eigenvalue weighted by molar-refractivity contribution is 5.77. The van der Waals surface area contributed by atoms with Crippen LogP contribution in [0.1, 0.15) is 23.1 Å². The lowest BCUT2D eigenvalue weighted by atomic mass is 10.1. The molecule has 0 aliphatic heterocycles. The third kappa shape index (κ3) is 6.25. The second kappa shape index (κ2) is 9.11. The van der Waals surface area contributed by atoms with Gasteiger partial charge in [0.1, 0.15) is 0 Å². The van der Waals surface area contributed by atoms with E-state index >= 15 is 0 Å². The molecule has 0 aromatic heterocycles. The van der Waals surface area contributed by atoms with Gasteiger partial charge in [0.15, 0.2) is 0 Å². The summed E-state index contributed by atoms with van der Waals surface area (Å²) in [4.78, 5) is 14.0. The predicted molar refractivity (Wildman–Crippen MR) is 95.3 cm³/mol. The van der Waals surface area contributed by atoms with Crippen molar-refractivity contribution < 1.29 is 4.79 Å². The van der Waals surface area contributed by atoms with E-state index in [1.807, 2.05) is 25.2 Å². The average molecular weight is 310 g/mol. The third-order valence-corrected chi connectivity index (χ3v) is 3.92. The van der Waals surface area contributed by atoms with Gasteiger partial charge in [-0.25, -0.2) is 0 Å². The normalized spacial score (nSPS) is 10.7. The molecule has 2 aromatic carbocycles. The fraction of sp³-hybridized carbons (Fsp3) is 0.350. The van der Waals surface area contributed by atoms with Crippen LogP contribution >= 0.6 is 0 Å². The largest absolute Gasteiger partial charge is 0.355 e. The molecular weight excluding hydrogens is 284 g/mol. The van der Waals surface area contributed by atoms with Crippen LogP contribution in [0.15, 0.2) is 54.6 Å². The number of nitrogens with one attached hydrogen (secondary N) is 1. The van der Waals surface area contributed by atoms with Crippen molar-refractivity contribution in [2.45, 2.75) is 26.3 Å². The number of likely N-dealkylation sites (N-methyl/N-ethyl adjacent to an activating group) is 1. The number of benzene rings is 2. The number of rotatable bonds is 8. The van der Waals surface area contributed by atoms with E-state index in [9.17, 15) is 4.79 Å². The molecule has 0 bridgehead atoms.